The molecule has 4 rings (SSSR count). The number of nitrogens with one attached hydrogen (secondary N) is 2. The minimum atomic E-state index is -3.75. The van der Waals surface area contributed by atoms with Gasteiger partial charge in [-0.15, -0.1) is 0 Å². The molecule has 1 aromatic heterocycles. The van der Waals surface area contributed by atoms with Crippen molar-refractivity contribution in [3.8, 4) is 0 Å². The van der Waals surface area contributed by atoms with Crippen LogP contribution >= 0.6 is 0 Å². The number of nitrogens with zero attached hydrogens (tertiary/aromatic N) is 1. The Morgan fingerprint density at radius 1 is 1.10 bits per heavy atom. The zero-order valence-corrected chi connectivity index (χ0v) is 17.3. The number of hydrogen-bond acceptors (Lipinski definition) is 3. The average Bonchev–Trinajstić information content (AvgIpc) is 3.11. The zero-order chi connectivity index (χ0) is 20.4. The van der Waals surface area contributed by atoms with Crippen LogP contribution < -0.4 is 5.32 Å². The van der Waals surface area contributed by atoms with E-state index in [9.17, 15) is 13.2 Å². The maximum absolute atomic E-state index is 13.0. The minimum Gasteiger partial charge on any atom is -0.358 e. The number of likely N-dealkylation sites (N-methyl/N-ethyl adjacent to an activating group) is 1. The number of sulfonamides is 1. The Morgan fingerprint density at radius 3 is 2.66 bits per heavy atom. The van der Waals surface area contributed by atoms with E-state index in [4.69, 9.17) is 0 Å². The maximum atomic E-state index is 13.0. The second-order valence-corrected chi connectivity index (χ2v) is 9.56. The smallest absolute Gasteiger partial charge is 0.243 e. The molecule has 7 heteroatoms. The lowest BCUT2D eigenvalue weighted by atomic mass is 9.96. The van der Waals surface area contributed by atoms with E-state index in [1.165, 1.54) is 18.3 Å². The van der Waals surface area contributed by atoms with Crippen molar-refractivity contribution in [2.45, 2.75) is 37.1 Å². The van der Waals surface area contributed by atoms with Crippen LogP contribution in [0.15, 0.2) is 53.4 Å². The number of fused-ring (bicyclic) bond motifs is 3. The Balaban J connectivity index is 1.49. The summed E-state index contributed by atoms with van der Waals surface area (Å²) in [6, 6.07) is 14.7. The highest BCUT2D eigenvalue weighted by atomic mass is 32.2. The third-order valence-electron chi connectivity index (χ3n) is 5.48. The Kier molecular flexibility index (Phi) is 5.43. The highest BCUT2D eigenvalue weighted by Crippen LogP contribution is 2.31. The van der Waals surface area contributed by atoms with E-state index >= 15 is 0 Å². The van der Waals surface area contributed by atoms with Crippen LogP contribution in [0.4, 0.5) is 0 Å². The maximum Gasteiger partial charge on any atom is 0.243 e. The number of aromatic nitrogens is 1. The number of carbonyl (C=O) groups excluding carboxylic acids is 1. The molecule has 0 fully saturated rings. The zero-order valence-electron chi connectivity index (χ0n) is 16.4. The Labute approximate surface area is 171 Å². The van der Waals surface area contributed by atoms with Gasteiger partial charge in [-0.25, -0.2) is 8.42 Å². The van der Waals surface area contributed by atoms with Gasteiger partial charge in [0.15, 0.2) is 0 Å². The van der Waals surface area contributed by atoms with Crippen molar-refractivity contribution in [1.82, 2.24) is 14.6 Å². The Morgan fingerprint density at radius 2 is 1.86 bits per heavy atom. The third kappa shape index (κ3) is 4.06. The van der Waals surface area contributed by atoms with Crippen LogP contribution in [0.2, 0.25) is 0 Å². The summed E-state index contributed by atoms with van der Waals surface area (Å²) in [6.45, 7) is 0.146. The molecule has 2 N–H and O–H groups in total. The molecule has 3 aromatic rings. The van der Waals surface area contributed by atoms with Gasteiger partial charge in [0.1, 0.15) is 0 Å². The van der Waals surface area contributed by atoms with E-state index < -0.39 is 10.0 Å². The van der Waals surface area contributed by atoms with Crippen LogP contribution in [0.1, 0.15) is 29.7 Å². The molecule has 6 nitrogen and oxygen atoms in total. The van der Waals surface area contributed by atoms with Gasteiger partial charge >= 0.3 is 0 Å². The molecule has 1 heterocycles. The molecule has 1 aliphatic rings. The van der Waals surface area contributed by atoms with Crippen molar-refractivity contribution in [3.63, 3.8) is 0 Å². The van der Waals surface area contributed by atoms with Crippen molar-refractivity contribution in [3.05, 3.63) is 65.4 Å². The van der Waals surface area contributed by atoms with E-state index in [1.54, 1.807) is 12.1 Å². The summed E-state index contributed by atoms with van der Waals surface area (Å²) in [5.41, 5.74) is 4.38. The molecule has 2 aromatic carbocycles. The Hall–Kier alpha value is -2.64. The van der Waals surface area contributed by atoms with Gasteiger partial charge in [0.2, 0.25) is 15.9 Å². The number of rotatable bonds is 6. The van der Waals surface area contributed by atoms with Crippen LogP contribution in [0.25, 0.3) is 10.9 Å². The first kappa shape index (κ1) is 19.7. The lowest BCUT2D eigenvalue weighted by Gasteiger charge is -2.17. The van der Waals surface area contributed by atoms with Gasteiger partial charge in [-0.3, -0.25) is 4.79 Å². The number of H-pyrrole nitrogens is 1. The molecule has 0 atom stereocenters. The second kappa shape index (κ2) is 8.00. The van der Waals surface area contributed by atoms with Crippen LogP contribution in [-0.4, -0.2) is 37.2 Å². The van der Waals surface area contributed by atoms with Crippen molar-refractivity contribution >= 4 is 26.8 Å². The number of benzene rings is 2. The fourth-order valence-corrected chi connectivity index (χ4v) is 5.02. The van der Waals surface area contributed by atoms with E-state index in [2.05, 4.69) is 10.3 Å². The van der Waals surface area contributed by atoms with Gasteiger partial charge in [0.25, 0.3) is 0 Å². The number of amides is 1. The summed E-state index contributed by atoms with van der Waals surface area (Å²) in [4.78, 5) is 15.9. The van der Waals surface area contributed by atoms with Crippen molar-refractivity contribution < 1.29 is 13.2 Å². The van der Waals surface area contributed by atoms with E-state index in [-0.39, 0.29) is 17.3 Å². The molecule has 0 spiro atoms. The molecule has 152 valence electrons. The van der Waals surface area contributed by atoms with E-state index in [1.807, 2.05) is 36.4 Å². The van der Waals surface area contributed by atoms with E-state index in [0.717, 1.165) is 46.5 Å². The van der Waals surface area contributed by atoms with Gasteiger partial charge in [-0.1, -0.05) is 30.3 Å². The average molecular weight is 412 g/mol. The molecule has 0 unspecified atom stereocenters. The van der Waals surface area contributed by atoms with Crippen molar-refractivity contribution in [2.75, 3.05) is 13.6 Å². The van der Waals surface area contributed by atoms with Crippen molar-refractivity contribution in [2.24, 2.45) is 0 Å². The lowest BCUT2D eigenvalue weighted by Crippen LogP contribution is -2.38. The van der Waals surface area contributed by atoms with E-state index in [0.29, 0.717) is 6.54 Å². The molecule has 0 radical (unpaired) electrons. The fourth-order valence-electron chi connectivity index (χ4n) is 3.87. The van der Waals surface area contributed by atoms with Gasteiger partial charge in [0, 0.05) is 30.2 Å². The number of aromatic amines is 1. The molecule has 29 heavy (non-hydrogen) atoms. The van der Waals surface area contributed by atoms with Gasteiger partial charge < -0.3 is 10.3 Å². The van der Waals surface area contributed by atoms with Gasteiger partial charge in [-0.05, 0) is 55.0 Å². The van der Waals surface area contributed by atoms with Crippen LogP contribution in [0.5, 0.6) is 0 Å². The topological polar surface area (TPSA) is 82.3 Å². The molecule has 0 saturated heterocycles. The summed E-state index contributed by atoms with van der Waals surface area (Å²) in [5.74, 6) is -0.333. The predicted octanol–water partition coefficient (Wildman–Crippen LogP) is 2.98. The second-order valence-electron chi connectivity index (χ2n) is 7.52. The van der Waals surface area contributed by atoms with Crippen LogP contribution in [0.3, 0.4) is 0 Å². The molecule has 1 aliphatic carbocycles. The first-order chi connectivity index (χ1) is 13.9. The SMILES string of the molecule is CN(CC(=O)NCc1ccccc1)S(=O)(=O)c1ccc2[nH]c3c(c2c1)CCCC3. The number of carbonyl (C=O) groups is 1. The Bertz CT molecular complexity index is 1140. The van der Waals surface area contributed by atoms with Gasteiger partial charge in [0.05, 0.1) is 11.4 Å². The fraction of sp³-hybridized carbons (Fsp3) is 0.318. The molecular weight excluding hydrogens is 386 g/mol. The number of aryl methyl sites for hydroxylation is 2. The first-order valence-electron chi connectivity index (χ1n) is 9.85. The molecule has 0 saturated carbocycles. The first-order valence-corrected chi connectivity index (χ1v) is 11.3. The third-order valence-corrected chi connectivity index (χ3v) is 7.28. The largest absolute Gasteiger partial charge is 0.358 e. The predicted molar refractivity (Wildman–Crippen MR) is 113 cm³/mol. The quantitative estimate of drug-likeness (QED) is 0.654. The lowest BCUT2D eigenvalue weighted by molar-refractivity contribution is -0.121. The minimum absolute atomic E-state index is 0.218. The highest BCUT2D eigenvalue weighted by Gasteiger charge is 2.24. The molecule has 0 aliphatic heterocycles. The molecule has 0 bridgehead atoms. The highest BCUT2D eigenvalue weighted by molar-refractivity contribution is 7.89. The summed E-state index contributed by atoms with van der Waals surface area (Å²) in [6.07, 6.45) is 4.26. The molecular formula is C22H25N3O3S. The van der Waals surface area contributed by atoms with Gasteiger partial charge in [-0.2, -0.15) is 4.31 Å². The van der Waals surface area contributed by atoms with Crippen LogP contribution in [0, 0.1) is 0 Å². The summed E-state index contributed by atoms with van der Waals surface area (Å²) in [5, 5.41) is 3.74. The number of hydrogen-bond donors (Lipinski definition) is 2. The summed E-state index contributed by atoms with van der Waals surface area (Å²) in [7, 11) is -2.32. The monoisotopic (exact) mass is 411 g/mol. The molecule has 1 amide bonds. The summed E-state index contributed by atoms with van der Waals surface area (Å²) < 4.78 is 27.1. The van der Waals surface area contributed by atoms with Crippen molar-refractivity contribution in [1.29, 1.82) is 0 Å². The summed E-state index contributed by atoms with van der Waals surface area (Å²) >= 11 is 0. The van der Waals surface area contributed by atoms with Crippen LogP contribution in [-0.2, 0) is 34.2 Å². The standard InChI is InChI=1S/C22H25N3O3S/c1-25(15-22(26)23-14-16-7-3-2-4-8-16)29(27,28)17-11-12-21-19(13-17)18-9-5-6-10-20(18)24-21/h2-4,7-8,11-13,24H,5-6,9-10,14-15H2,1H3,(H,23,26). The normalized spacial score (nSPS) is 14.1.